The molecule has 0 spiro atoms. The average molecular weight is 276 g/mol. The molecule has 1 aromatic heterocycles. The van der Waals surface area contributed by atoms with Crippen molar-refractivity contribution in [3.8, 4) is 0 Å². The lowest BCUT2D eigenvalue weighted by atomic mass is 9.83. The molecular formula is C17H28N2O. The van der Waals surface area contributed by atoms with Gasteiger partial charge in [-0.2, -0.15) is 0 Å². The molecule has 0 bridgehead atoms. The maximum atomic E-state index is 5.50. The number of furan rings is 1. The van der Waals surface area contributed by atoms with Crippen LogP contribution in [0.2, 0.25) is 0 Å². The van der Waals surface area contributed by atoms with Gasteiger partial charge in [-0.15, -0.1) is 0 Å². The maximum absolute atomic E-state index is 5.50. The van der Waals surface area contributed by atoms with Gasteiger partial charge in [0.25, 0.3) is 0 Å². The standard InChI is InChI=1S/C17H28N2O/c1-14(12-16-8-5-11-20-16)19-10-9-18-17(13-19)15-6-3-2-4-7-15/h5,8,11,14-15,17-18H,2-4,6-7,9-10,12-13H2,1H3. The molecule has 1 aliphatic carbocycles. The number of piperazine rings is 1. The van der Waals surface area contributed by atoms with Crippen molar-refractivity contribution in [2.75, 3.05) is 19.6 Å². The predicted molar refractivity (Wildman–Crippen MR) is 81.8 cm³/mol. The molecule has 3 nitrogen and oxygen atoms in total. The highest BCUT2D eigenvalue weighted by Crippen LogP contribution is 2.28. The van der Waals surface area contributed by atoms with Crippen LogP contribution in [-0.2, 0) is 6.42 Å². The fourth-order valence-corrected chi connectivity index (χ4v) is 3.90. The third-order valence-electron chi connectivity index (χ3n) is 5.16. The van der Waals surface area contributed by atoms with Crippen LogP contribution < -0.4 is 5.32 Å². The molecule has 3 rings (SSSR count). The van der Waals surface area contributed by atoms with Crippen LogP contribution >= 0.6 is 0 Å². The van der Waals surface area contributed by atoms with Crippen molar-refractivity contribution in [2.24, 2.45) is 5.92 Å². The molecule has 20 heavy (non-hydrogen) atoms. The summed E-state index contributed by atoms with van der Waals surface area (Å²) in [6, 6.07) is 5.37. The highest BCUT2D eigenvalue weighted by atomic mass is 16.3. The number of nitrogens with zero attached hydrogens (tertiary/aromatic N) is 1. The average Bonchev–Trinajstić information content (AvgIpc) is 3.01. The van der Waals surface area contributed by atoms with Crippen LogP contribution in [0.5, 0.6) is 0 Å². The number of nitrogens with one attached hydrogen (secondary N) is 1. The number of rotatable bonds is 4. The first-order chi connectivity index (χ1) is 9.83. The maximum Gasteiger partial charge on any atom is 0.105 e. The van der Waals surface area contributed by atoms with E-state index >= 15 is 0 Å². The van der Waals surface area contributed by atoms with E-state index in [1.807, 2.05) is 6.07 Å². The molecular weight excluding hydrogens is 248 g/mol. The molecule has 0 amide bonds. The van der Waals surface area contributed by atoms with Crippen molar-refractivity contribution in [2.45, 2.75) is 57.5 Å². The van der Waals surface area contributed by atoms with Crippen molar-refractivity contribution < 1.29 is 4.42 Å². The normalized spacial score (nSPS) is 27.6. The Morgan fingerprint density at radius 3 is 2.95 bits per heavy atom. The lowest BCUT2D eigenvalue weighted by Crippen LogP contribution is -2.56. The van der Waals surface area contributed by atoms with Gasteiger partial charge in [-0.1, -0.05) is 19.3 Å². The Bertz CT molecular complexity index is 384. The van der Waals surface area contributed by atoms with E-state index in [4.69, 9.17) is 4.42 Å². The van der Waals surface area contributed by atoms with Crippen LogP contribution in [-0.4, -0.2) is 36.6 Å². The van der Waals surface area contributed by atoms with Gasteiger partial charge in [0, 0.05) is 38.1 Å². The Labute approximate surface area is 122 Å². The zero-order valence-corrected chi connectivity index (χ0v) is 12.7. The summed E-state index contributed by atoms with van der Waals surface area (Å²) in [6.07, 6.45) is 9.99. The van der Waals surface area contributed by atoms with Crippen molar-refractivity contribution in [3.05, 3.63) is 24.2 Å². The second kappa shape index (κ2) is 6.77. The van der Waals surface area contributed by atoms with Gasteiger partial charge in [0.2, 0.25) is 0 Å². The molecule has 2 heterocycles. The van der Waals surface area contributed by atoms with Gasteiger partial charge in [-0.3, -0.25) is 4.90 Å². The van der Waals surface area contributed by atoms with Gasteiger partial charge < -0.3 is 9.73 Å². The van der Waals surface area contributed by atoms with E-state index in [0.29, 0.717) is 12.1 Å². The fraction of sp³-hybridized carbons (Fsp3) is 0.765. The minimum atomic E-state index is 0.578. The molecule has 112 valence electrons. The first kappa shape index (κ1) is 14.2. The molecule has 2 unspecified atom stereocenters. The minimum Gasteiger partial charge on any atom is -0.469 e. The number of hydrogen-bond acceptors (Lipinski definition) is 3. The Hall–Kier alpha value is -0.800. The summed E-state index contributed by atoms with van der Waals surface area (Å²) in [5, 5.41) is 3.77. The third kappa shape index (κ3) is 3.44. The second-order valence-corrected chi connectivity index (χ2v) is 6.59. The zero-order chi connectivity index (χ0) is 13.8. The summed E-state index contributed by atoms with van der Waals surface area (Å²) >= 11 is 0. The molecule has 1 saturated carbocycles. The minimum absolute atomic E-state index is 0.578. The highest BCUT2D eigenvalue weighted by molar-refractivity contribution is 5.01. The fourth-order valence-electron chi connectivity index (χ4n) is 3.90. The van der Waals surface area contributed by atoms with Crippen LogP contribution in [0.3, 0.4) is 0 Å². The Morgan fingerprint density at radius 1 is 1.35 bits per heavy atom. The molecule has 1 aromatic rings. The zero-order valence-electron chi connectivity index (χ0n) is 12.7. The van der Waals surface area contributed by atoms with Gasteiger partial charge in [-0.05, 0) is 37.8 Å². The van der Waals surface area contributed by atoms with E-state index in [0.717, 1.165) is 24.6 Å². The first-order valence-corrected chi connectivity index (χ1v) is 8.33. The molecule has 3 heteroatoms. The lowest BCUT2D eigenvalue weighted by molar-refractivity contribution is 0.112. The Morgan fingerprint density at radius 2 is 2.20 bits per heavy atom. The molecule has 2 fully saturated rings. The van der Waals surface area contributed by atoms with E-state index in [2.05, 4.69) is 23.2 Å². The van der Waals surface area contributed by atoms with Crippen molar-refractivity contribution in [3.63, 3.8) is 0 Å². The van der Waals surface area contributed by atoms with E-state index in [9.17, 15) is 0 Å². The molecule has 1 saturated heterocycles. The van der Waals surface area contributed by atoms with Gasteiger partial charge >= 0.3 is 0 Å². The van der Waals surface area contributed by atoms with E-state index in [-0.39, 0.29) is 0 Å². The smallest absolute Gasteiger partial charge is 0.105 e. The van der Waals surface area contributed by atoms with Gasteiger partial charge in [0.05, 0.1) is 6.26 Å². The van der Waals surface area contributed by atoms with Crippen LogP contribution in [0.4, 0.5) is 0 Å². The summed E-state index contributed by atoms with van der Waals surface area (Å²) < 4.78 is 5.50. The third-order valence-corrected chi connectivity index (χ3v) is 5.16. The highest BCUT2D eigenvalue weighted by Gasteiger charge is 2.29. The topological polar surface area (TPSA) is 28.4 Å². The summed E-state index contributed by atoms with van der Waals surface area (Å²) in [7, 11) is 0. The molecule has 0 aromatic carbocycles. The van der Waals surface area contributed by atoms with E-state index < -0.39 is 0 Å². The molecule has 1 N–H and O–H groups in total. The lowest BCUT2D eigenvalue weighted by Gasteiger charge is -2.41. The summed E-state index contributed by atoms with van der Waals surface area (Å²) in [5.41, 5.74) is 0. The van der Waals surface area contributed by atoms with Crippen molar-refractivity contribution in [1.29, 1.82) is 0 Å². The van der Waals surface area contributed by atoms with Crippen LogP contribution in [0.15, 0.2) is 22.8 Å². The van der Waals surface area contributed by atoms with Crippen molar-refractivity contribution in [1.82, 2.24) is 10.2 Å². The number of hydrogen-bond donors (Lipinski definition) is 1. The summed E-state index contributed by atoms with van der Waals surface area (Å²) in [6.45, 7) is 5.87. The molecule has 2 atom stereocenters. The van der Waals surface area contributed by atoms with Crippen LogP contribution in [0, 0.1) is 5.92 Å². The summed E-state index contributed by atoms with van der Waals surface area (Å²) in [5.74, 6) is 2.02. The Kier molecular flexibility index (Phi) is 4.79. The van der Waals surface area contributed by atoms with Gasteiger partial charge in [0.15, 0.2) is 0 Å². The molecule has 2 aliphatic rings. The van der Waals surface area contributed by atoms with Crippen LogP contribution in [0.1, 0.15) is 44.8 Å². The SMILES string of the molecule is CC(Cc1ccco1)N1CCNC(C2CCCCC2)C1. The van der Waals surface area contributed by atoms with Crippen LogP contribution in [0.25, 0.3) is 0 Å². The Balaban J connectivity index is 1.54. The van der Waals surface area contributed by atoms with E-state index in [1.54, 1.807) is 6.26 Å². The second-order valence-electron chi connectivity index (χ2n) is 6.59. The van der Waals surface area contributed by atoms with Gasteiger partial charge in [-0.25, -0.2) is 0 Å². The molecule has 0 radical (unpaired) electrons. The molecule has 1 aliphatic heterocycles. The van der Waals surface area contributed by atoms with Crippen molar-refractivity contribution >= 4 is 0 Å². The first-order valence-electron chi connectivity index (χ1n) is 8.33. The van der Waals surface area contributed by atoms with Gasteiger partial charge in [0.1, 0.15) is 5.76 Å². The largest absolute Gasteiger partial charge is 0.469 e. The van der Waals surface area contributed by atoms with E-state index in [1.165, 1.54) is 45.2 Å². The quantitative estimate of drug-likeness (QED) is 0.916. The predicted octanol–water partition coefficient (Wildman–Crippen LogP) is 3.06. The summed E-state index contributed by atoms with van der Waals surface area (Å²) in [4.78, 5) is 2.65. The monoisotopic (exact) mass is 276 g/mol.